The molecule has 2 aromatic rings. The highest BCUT2D eigenvalue weighted by Gasteiger charge is 2.17. The van der Waals surface area contributed by atoms with Crippen LogP contribution in [0.4, 0.5) is 0 Å². The summed E-state index contributed by atoms with van der Waals surface area (Å²) in [6.07, 6.45) is 9.33. The minimum absolute atomic E-state index is 0.106. The second kappa shape index (κ2) is 7.74. The summed E-state index contributed by atoms with van der Waals surface area (Å²) in [6, 6.07) is 7.86. The molecule has 5 heteroatoms. The van der Waals surface area contributed by atoms with Gasteiger partial charge in [0.1, 0.15) is 0 Å². The van der Waals surface area contributed by atoms with E-state index < -0.39 is 0 Å². The van der Waals surface area contributed by atoms with Crippen LogP contribution < -0.4 is 5.32 Å². The van der Waals surface area contributed by atoms with E-state index in [2.05, 4.69) is 10.3 Å². The summed E-state index contributed by atoms with van der Waals surface area (Å²) in [5, 5.41) is 11.8. The third-order valence-corrected chi connectivity index (χ3v) is 3.65. The van der Waals surface area contributed by atoms with Crippen molar-refractivity contribution in [2.45, 2.75) is 20.3 Å². The molecule has 1 heterocycles. The molecule has 0 spiro atoms. The number of rotatable bonds is 7. The number of carbonyl (C=O) groups is 1. The van der Waals surface area contributed by atoms with Crippen LogP contribution in [0.15, 0.2) is 49.1 Å². The first kappa shape index (κ1) is 17.0. The number of nitrogens with zero attached hydrogens (tertiary/aromatic N) is 2. The molecule has 2 rings (SSSR count). The van der Waals surface area contributed by atoms with E-state index in [4.69, 9.17) is 5.11 Å². The molecule has 1 aromatic heterocycles. The fourth-order valence-electron chi connectivity index (χ4n) is 2.12. The maximum absolute atomic E-state index is 11.8. The van der Waals surface area contributed by atoms with Gasteiger partial charge in [-0.3, -0.25) is 4.79 Å². The summed E-state index contributed by atoms with van der Waals surface area (Å²) >= 11 is 0. The van der Waals surface area contributed by atoms with Gasteiger partial charge in [0.15, 0.2) is 0 Å². The van der Waals surface area contributed by atoms with Gasteiger partial charge in [0, 0.05) is 37.3 Å². The van der Waals surface area contributed by atoms with E-state index in [0.29, 0.717) is 13.0 Å². The van der Waals surface area contributed by atoms with Crippen LogP contribution in [0.3, 0.4) is 0 Å². The van der Waals surface area contributed by atoms with Crippen molar-refractivity contribution in [3.63, 3.8) is 0 Å². The Bertz CT molecular complexity index is 643. The Labute approximate surface area is 136 Å². The van der Waals surface area contributed by atoms with Crippen molar-refractivity contribution < 1.29 is 9.90 Å². The summed E-state index contributed by atoms with van der Waals surface area (Å²) in [7, 11) is 0. The van der Waals surface area contributed by atoms with Crippen molar-refractivity contribution >= 4 is 12.0 Å². The van der Waals surface area contributed by atoms with E-state index in [1.54, 1.807) is 18.6 Å². The van der Waals surface area contributed by atoms with E-state index in [1.807, 2.05) is 48.9 Å². The number of aliphatic hydroxyl groups is 1. The Kier molecular flexibility index (Phi) is 5.71. The van der Waals surface area contributed by atoms with Gasteiger partial charge in [0.05, 0.1) is 6.33 Å². The molecular formula is C18H23N3O2. The summed E-state index contributed by atoms with van der Waals surface area (Å²) in [5.41, 5.74) is 1.87. The van der Waals surface area contributed by atoms with Crippen molar-refractivity contribution in [2.75, 3.05) is 13.2 Å². The van der Waals surface area contributed by atoms with Crippen LogP contribution in [0, 0.1) is 5.41 Å². The molecular weight excluding hydrogens is 290 g/mol. The zero-order chi connectivity index (χ0) is 16.7. The van der Waals surface area contributed by atoms with Gasteiger partial charge in [-0.1, -0.05) is 26.0 Å². The van der Waals surface area contributed by atoms with Crippen molar-refractivity contribution in [2.24, 2.45) is 5.41 Å². The smallest absolute Gasteiger partial charge is 0.244 e. The molecule has 0 aliphatic carbocycles. The van der Waals surface area contributed by atoms with Gasteiger partial charge in [0.25, 0.3) is 0 Å². The molecule has 0 fully saturated rings. The highest BCUT2D eigenvalue weighted by Crippen LogP contribution is 2.17. The Morgan fingerprint density at radius 2 is 2.09 bits per heavy atom. The molecule has 1 amide bonds. The molecule has 2 N–H and O–H groups in total. The summed E-state index contributed by atoms with van der Waals surface area (Å²) in [4.78, 5) is 15.9. The first-order chi connectivity index (χ1) is 11.0. The van der Waals surface area contributed by atoms with E-state index in [0.717, 1.165) is 11.3 Å². The van der Waals surface area contributed by atoms with Crippen LogP contribution in [-0.2, 0) is 4.79 Å². The lowest BCUT2D eigenvalue weighted by Gasteiger charge is -2.23. The topological polar surface area (TPSA) is 67.2 Å². The molecule has 0 saturated carbocycles. The molecule has 122 valence electrons. The lowest BCUT2D eigenvalue weighted by atomic mass is 9.90. The van der Waals surface area contributed by atoms with Gasteiger partial charge in [-0.25, -0.2) is 4.98 Å². The summed E-state index contributed by atoms with van der Waals surface area (Å²) in [5.74, 6) is -0.130. The van der Waals surface area contributed by atoms with Crippen molar-refractivity contribution in [3.05, 3.63) is 54.6 Å². The standard InChI is InChI=1S/C18H23N3O2/c1-18(2,9-12-22)13-20-17(23)8-5-15-3-6-16(7-4-15)21-11-10-19-14-21/h3-8,10-11,14,22H,9,12-13H2,1-2H3,(H,20,23)/b8-5+. The molecule has 0 aliphatic heterocycles. The van der Waals surface area contributed by atoms with Gasteiger partial charge in [-0.05, 0) is 35.6 Å². The number of nitrogens with one attached hydrogen (secondary N) is 1. The maximum Gasteiger partial charge on any atom is 0.244 e. The third kappa shape index (κ3) is 5.38. The summed E-state index contributed by atoms with van der Waals surface area (Å²) < 4.78 is 1.92. The zero-order valence-corrected chi connectivity index (χ0v) is 13.6. The fourth-order valence-corrected chi connectivity index (χ4v) is 2.12. The number of hydrogen-bond donors (Lipinski definition) is 2. The van der Waals surface area contributed by atoms with Crippen LogP contribution in [0.1, 0.15) is 25.8 Å². The number of hydrogen-bond acceptors (Lipinski definition) is 3. The quantitative estimate of drug-likeness (QED) is 0.771. The zero-order valence-electron chi connectivity index (χ0n) is 13.6. The highest BCUT2D eigenvalue weighted by molar-refractivity contribution is 5.91. The van der Waals surface area contributed by atoms with Crippen molar-refractivity contribution in [3.8, 4) is 5.69 Å². The van der Waals surface area contributed by atoms with Gasteiger partial charge in [-0.15, -0.1) is 0 Å². The van der Waals surface area contributed by atoms with Crippen LogP contribution in [-0.4, -0.2) is 33.7 Å². The number of benzene rings is 1. The molecule has 1 aromatic carbocycles. The predicted molar refractivity (Wildman–Crippen MR) is 91.1 cm³/mol. The monoisotopic (exact) mass is 313 g/mol. The second-order valence-electron chi connectivity index (χ2n) is 6.25. The molecule has 5 nitrogen and oxygen atoms in total. The van der Waals surface area contributed by atoms with Crippen LogP contribution in [0.2, 0.25) is 0 Å². The molecule has 0 radical (unpaired) electrons. The SMILES string of the molecule is CC(C)(CCO)CNC(=O)/C=C/c1ccc(-n2ccnc2)cc1. The van der Waals surface area contributed by atoms with Gasteiger partial charge < -0.3 is 15.0 Å². The summed E-state index contributed by atoms with van der Waals surface area (Å²) in [6.45, 7) is 4.70. The number of amides is 1. The number of imidazole rings is 1. The molecule has 0 bridgehead atoms. The highest BCUT2D eigenvalue weighted by atomic mass is 16.3. The molecule has 0 aliphatic rings. The van der Waals surface area contributed by atoms with Crippen molar-refractivity contribution in [1.29, 1.82) is 0 Å². The minimum Gasteiger partial charge on any atom is -0.396 e. The van der Waals surface area contributed by atoms with Crippen LogP contribution >= 0.6 is 0 Å². The van der Waals surface area contributed by atoms with Gasteiger partial charge in [0.2, 0.25) is 5.91 Å². The lowest BCUT2D eigenvalue weighted by Crippen LogP contribution is -2.33. The molecule has 0 atom stereocenters. The Morgan fingerprint density at radius 3 is 2.70 bits per heavy atom. The van der Waals surface area contributed by atoms with Gasteiger partial charge in [-0.2, -0.15) is 0 Å². The number of aliphatic hydroxyl groups excluding tert-OH is 1. The maximum atomic E-state index is 11.8. The first-order valence-electron chi connectivity index (χ1n) is 7.65. The van der Waals surface area contributed by atoms with E-state index in [1.165, 1.54) is 6.08 Å². The average Bonchev–Trinajstić information content (AvgIpc) is 3.06. The molecule has 23 heavy (non-hydrogen) atoms. The predicted octanol–water partition coefficient (Wildman–Crippen LogP) is 2.41. The fraction of sp³-hybridized carbons (Fsp3) is 0.333. The van der Waals surface area contributed by atoms with E-state index >= 15 is 0 Å². The first-order valence-corrected chi connectivity index (χ1v) is 7.65. The third-order valence-electron chi connectivity index (χ3n) is 3.65. The second-order valence-corrected chi connectivity index (χ2v) is 6.25. The molecule has 0 saturated heterocycles. The van der Waals surface area contributed by atoms with Crippen LogP contribution in [0.25, 0.3) is 11.8 Å². The number of carbonyl (C=O) groups excluding carboxylic acids is 1. The van der Waals surface area contributed by atoms with E-state index in [-0.39, 0.29) is 17.9 Å². The Balaban J connectivity index is 1.88. The van der Waals surface area contributed by atoms with E-state index in [9.17, 15) is 4.79 Å². The van der Waals surface area contributed by atoms with Gasteiger partial charge >= 0.3 is 0 Å². The largest absolute Gasteiger partial charge is 0.396 e. The number of aromatic nitrogens is 2. The minimum atomic E-state index is -0.130. The van der Waals surface area contributed by atoms with Crippen molar-refractivity contribution in [1.82, 2.24) is 14.9 Å². The lowest BCUT2D eigenvalue weighted by molar-refractivity contribution is -0.116. The molecule has 0 unspecified atom stereocenters. The Hall–Kier alpha value is -2.40. The Morgan fingerprint density at radius 1 is 1.35 bits per heavy atom. The van der Waals surface area contributed by atoms with Crippen LogP contribution in [0.5, 0.6) is 0 Å². The average molecular weight is 313 g/mol. The normalized spacial score (nSPS) is 11.8.